The molecule has 218 valence electrons. The van der Waals surface area contributed by atoms with E-state index in [1.165, 1.54) is 16.9 Å². The van der Waals surface area contributed by atoms with E-state index in [9.17, 15) is 0 Å². The maximum atomic E-state index is 4.68. The third-order valence-corrected chi connectivity index (χ3v) is 9.07. The van der Waals surface area contributed by atoms with E-state index < -0.39 is 5.54 Å². The first-order chi connectivity index (χ1) is 21.7. The molecular weight excluding hydrogens is 608 g/mol. The van der Waals surface area contributed by atoms with Gasteiger partial charge >= 0.3 is 0 Å². The maximum Gasteiger partial charge on any atom is 0.153 e. The molecule has 0 amide bonds. The van der Waals surface area contributed by atoms with Crippen LogP contribution in [0.5, 0.6) is 0 Å². The minimum atomic E-state index is -0.719. The Labute approximate surface area is 266 Å². The van der Waals surface area contributed by atoms with E-state index in [4.69, 9.17) is 0 Å². The summed E-state index contributed by atoms with van der Waals surface area (Å²) in [6, 6.07) is 49.2. The molecule has 2 heterocycles. The van der Waals surface area contributed by atoms with Crippen molar-refractivity contribution in [2.75, 3.05) is 29.6 Å². The second kappa shape index (κ2) is 12.5. The summed E-state index contributed by atoms with van der Waals surface area (Å²) >= 11 is 3.54. The molecular formula is C37H33BrN6. The van der Waals surface area contributed by atoms with E-state index in [0.717, 1.165) is 53.2 Å². The van der Waals surface area contributed by atoms with E-state index in [-0.39, 0.29) is 0 Å². The van der Waals surface area contributed by atoms with Gasteiger partial charge in [0.05, 0.1) is 6.67 Å². The Kier molecular flexibility index (Phi) is 7.95. The van der Waals surface area contributed by atoms with Crippen molar-refractivity contribution in [1.82, 2.24) is 20.2 Å². The van der Waals surface area contributed by atoms with Crippen LogP contribution >= 0.6 is 15.9 Å². The lowest BCUT2D eigenvalue weighted by atomic mass is 9.77. The number of halogens is 1. The molecule has 1 aliphatic heterocycles. The van der Waals surface area contributed by atoms with Crippen molar-refractivity contribution >= 4 is 27.3 Å². The minimum Gasteiger partial charge on any atom is -0.352 e. The molecule has 0 bridgehead atoms. The van der Waals surface area contributed by atoms with Gasteiger partial charge in [0.1, 0.15) is 5.54 Å². The van der Waals surface area contributed by atoms with Gasteiger partial charge in [0.25, 0.3) is 0 Å². The molecule has 1 fully saturated rings. The first kappa shape index (κ1) is 28.0. The maximum absolute atomic E-state index is 4.68. The summed E-state index contributed by atoms with van der Waals surface area (Å²) < 4.78 is 3.13. The summed E-state index contributed by atoms with van der Waals surface area (Å²) in [5, 5.41) is 13.5. The monoisotopic (exact) mass is 640 g/mol. The number of nitrogens with zero attached hydrogens (tertiary/aromatic N) is 6. The van der Waals surface area contributed by atoms with Crippen LogP contribution in [0.1, 0.15) is 28.1 Å². The number of anilines is 2. The lowest BCUT2D eigenvalue weighted by Crippen LogP contribution is -2.40. The van der Waals surface area contributed by atoms with Crippen molar-refractivity contribution < 1.29 is 0 Å². The zero-order valence-electron chi connectivity index (χ0n) is 24.4. The highest BCUT2D eigenvalue weighted by Crippen LogP contribution is 2.40. The number of hydrogen-bond acceptors (Lipinski definition) is 5. The molecule has 7 heteroatoms. The summed E-state index contributed by atoms with van der Waals surface area (Å²) in [5.41, 5.74) is 6.37. The van der Waals surface area contributed by atoms with E-state index in [2.05, 4.69) is 181 Å². The van der Waals surface area contributed by atoms with Gasteiger partial charge in [-0.2, -0.15) is 0 Å². The first-order valence-corrected chi connectivity index (χ1v) is 15.8. The van der Waals surface area contributed by atoms with Gasteiger partial charge in [0, 0.05) is 35.4 Å². The summed E-state index contributed by atoms with van der Waals surface area (Å²) in [5.74, 6) is 0.843. The molecule has 44 heavy (non-hydrogen) atoms. The Morgan fingerprint density at radius 3 is 1.55 bits per heavy atom. The Hall–Kier alpha value is -4.75. The van der Waals surface area contributed by atoms with E-state index in [0.29, 0.717) is 6.42 Å². The Balaban J connectivity index is 1.15. The third kappa shape index (κ3) is 5.40. The molecule has 0 N–H and O–H groups in total. The van der Waals surface area contributed by atoms with Crippen LogP contribution in [0, 0.1) is 0 Å². The van der Waals surface area contributed by atoms with E-state index in [1.807, 2.05) is 4.68 Å². The molecule has 0 saturated carbocycles. The van der Waals surface area contributed by atoms with E-state index >= 15 is 0 Å². The van der Waals surface area contributed by atoms with Crippen molar-refractivity contribution in [1.29, 1.82) is 0 Å². The quantitative estimate of drug-likeness (QED) is 0.155. The fourth-order valence-electron chi connectivity index (χ4n) is 6.32. The zero-order valence-corrected chi connectivity index (χ0v) is 26.0. The molecule has 7 rings (SSSR count). The summed E-state index contributed by atoms with van der Waals surface area (Å²) in [6.45, 7) is 2.90. The van der Waals surface area contributed by atoms with Crippen LogP contribution in [0.2, 0.25) is 0 Å². The molecule has 0 unspecified atom stereocenters. The Morgan fingerprint density at radius 2 is 1.05 bits per heavy atom. The van der Waals surface area contributed by atoms with E-state index in [1.54, 1.807) is 0 Å². The predicted molar refractivity (Wildman–Crippen MR) is 180 cm³/mol. The molecule has 1 aliphatic rings. The highest BCUT2D eigenvalue weighted by Gasteiger charge is 2.41. The van der Waals surface area contributed by atoms with Gasteiger partial charge in [-0.25, -0.2) is 4.68 Å². The average Bonchev–Trinajstić information content (AvgIpc) is 3.77. The Morgan fingerprint density at radius 1 is 0.568 bits per heavy atom. The number of tetrazole rings is 1. The average molecular weight is 642 g/mol. The summed E-state index contributed by atoms with van der Waals surface area (Å²) in [4.78, 5) is 4.85. The highest BCUT2D eigenvalue weighted by atomic mass is 79.9. The van der Waals surface area contributed by atoms with Gasteiger partial charge in [0.2, 0.25) is 0 Å². The smallest absolute Gasteiger partial charge is 0.153 e. The minimum absolute atomic E-state index is 0.710. The molecule has 1 aromatic heterocycles. The zero-order chi connectivity index (χ0) is 29.8. The van der Waals surface area contributed by atoms with Gasteiger partial charge in [-0.15, -0.1) is 5.10 Å². The molecule has 6 nitrogen and oxygen atoms in total. The second-order valence-corrected chi connectivity index (χ2v) is 12.0. The van der Waals surface area contributed by atoms with Gasteiger partial charge in [-0.05, 0) is 75.5 Å². The number of hydrogen-bond donors (Lipinski definition) is 0. The normalized spacial score (nSPS) is 13.4. The number of benzene rings is 5. The largest absolute Gasteiger partial charge is 0.352 e. The summed E-state index contributed by atoms with van der Waals surface area (Å²) in [6.07, 6.45) is 1.54. The fraction of sp³-hybridized carbons (Fsp3) is 0.162. The van der Waals surface area contributed by atoms with Crippen LogP contribution in [-0.4, -0.2) is 40.0 Å². The second-order valence-electron chi connectivity index (χ2n) is 11.1. The molecule has 0 aliphatic carbocycles. The van der Waals surface area contributed by atoms with Gasteiger partial charge < -0.3 is 9.80 Å². The van der Waals surface area contributed by atoms with Gasteiger partial charge in [-0.3, -0.25) is 0 Å². The van der Waals surface area contributed by atoms with Crippen molar-refractivity contribution in [3.63, 3.8) is 0 Å². The van der Waals surface area contributed by atoms with Crippen molar-refractivity contribution in [2.45, 2.75) is 18.4 Å². The molecule has 5 aromatic carbocycles. The van der Waals surface area contributed by atoms with Crippen molar-refractivity contribution in [3.05, 3.63) is 172 Å². The SMILES string of the molecule is Brc1ccc(N2CCN(c3ccc(CCc4nnnn4C(c4ccccc4)(c4ccccc4)c4ccccc4)cc3)C2)cc1. The molecule has 0 spiro atoms. The Bertz CT molecular complexity index is 1690. The lowest BCUT2D eigenvalue weighted by molar-refractivity contribution is 0.429. The van der Waals surface area contributed by atoms with Crippen molar-refractivity contribution in [3.8, 4) is 0 Å². The molecule has 0 radical (unpaired) electrons. The molecule has 6 aromatic rings. The highest BCUT2D eigenvalue weighted by molar-refractivity contribution is 9.10. The van der Waals surface area contributed by atoms with Crippen LogP contribution in [0.15, 0.2) is 144 Å². The first-order valence-electron chi connectivity index (χ1n) is 15.0. The van der Waals surface area contributed by atoms with Gasteiger partial charge in [0.15, 0.2) is 5.82 Å². The number of aryl methyl sites for hydroxylation is 2. The lowest BCUT2D eigenvalue weighted by Gasteiger charge is -2.36. The van der Waals surface area contributed by atoms with Crippen LogP contribution < -0.4 is 9.80 Å². The van der Waals surface area contributed by atoms with Crippen LogP contribution in [-0.2, 0) is 18.4 Å². The van der Waals surface area contributed by atoms with Crippen LogP contribution in [0.25, 0.3) is 0 Å². The van der Waals surface area contributed by atoms with Crippen LogP contribution in [0.4, 0.5) is 11.4 Å². The fourth-order valence-corrected chi connectivity index (χ4v) is 6.58. The number of aromatic nitrogens is 4. The van der Waals surface area contributed by atoms with Gasteiger partial charge in [-0.1, -0.05) is 119 Å². The topological polar surface area (TPSA) is 50.1 Å². The molecule has 0 atom stereocenters. The number of rotatable bonds is 9. The standard InChI is InChI=1S/C37H33BrN6/c38-33-19-23-35(24-20-33)43-27-26-42(28-43)34-21-16-29(17-22-34)18-25-36-39-40-41-44(36)37(30-10-4-1-5-11-30,31-12-6-2-7-13-31)32-14-8-3-9-15-32/h1-17,19-24H,18,25-28H2. The molecule has 1 saturated heterocycles. The third-order valence-electron chi connectivity index (χ3n) is 8.54. The van der Waals surface area contributed by atoms with Crippen LogP contribution in [0.3, 0.4) is 0 Å². The predicted octanol–water partition coefficient (Wildman–Crippen LogP) is 7.35. The van der Waals surface area contributed by atoms with Crippen molar-refractivity contribution in [2.24, 2.45) is 0 Å². The summed E-state index contributed by atoms with van der Waals surface area (Å²) in [7, 11) is 0.